The predicted molar refractivity (Wildman–Crippen MR) is 105 cm³/mol. The zero-order chi connectivity index (χ0) is 18.0. The molecule has 0 unspecified atom stereocenters. The molecule has 0 atom stereocenters. The van der Waals surface area contributed by atoms with Gasteiger partial charge in [-0.2, -0.15) is 0 Å². The summed E-state index contributed by atoms with van der Waals surface area (Å²) in [6.45, 7) is 1.56. The van der Waals surface area contributed by atoms with Crippen LogP contribution in [0.5, 0.6) is 0 Å². The molecule has 2 heterocycles. The van der Waals surface area contributed by atoms with E-state index in [0.29, 0.717) is 5.56 Å². The lowest BCUT2D eigenvalue weighted by molar-refractivity contribution is 0.0978. The van der Waals surface area contributed by atoms with E-state index in [9.17, 15) is 4.79 Å². The number of imidazole rings is 1. The molecule has 8 heteroatoms. The van der Waals surface area contributed by atoms with Crippen molar-refractivity contribution in [2.24, 2.45) is 0 Å². The second-order valence-electron chi connectivity index (χ2n) is 5.24. The van der Waals surface area contributed by atoms with Gasteiger partial charge in [0.15, 0.2) is 5.17 Å². The lowest BCUT2D eigenvalue weighted by atomic mass is 10.1. The molecule has 0 saturated heterocycles. The zero-order valence-corrected chi connectivity index (χ0v) is 15.6. The van der Waals surface area contributed by atoms with Gasteiger partial charge in [0.2, 0.25) is 0 Å². The number of thioether (sulfide) groups is 1. The van der Waals surface area contributed by atoms with Crippen LogP contribution in [0, 0.1) is 10.8 Å². The van der Waals surface area contributed by atoms with Gasteiger partial charge in [0.25, 0.3) is 5.91 Å². The molecular formula is C17H14BrN5OS. The second kappa shape index (κ2) is 7.20. The monoisotopic (exact) mass is 415 g/mol. The number of nitrogens with one attached hydrogen (secondary N) is 3. The molecule has 0 aliphatic heterocycles. The number of fused-ring (bicyclic) bond motifs is 1. The Kier molecular flexibility index (Phi) is 5.00. The lowest BCUT2D eigenvalue weighted by Crippen LogP contribution is -2.28. The van der Waals surface area contributed by atoms with Gasteiger partial charge in [-0.25, -0.2) is 4.98 Å². The zero-order valence-electron chi connectivity index (χ0n) is 13.2. The first kappa shape index (κ1) is 17.4. The van der Waals surface area contributed by atoms with Gasteiger partial charge in [0.1, 0.15) is 5.65 Å². The van der Waals surface area contributed by atoms with E-state index in [1.54, 1.807) is 25.3 Å². The Morgan fingerprint density at radius 3 is 2.60 bits per heavy atom. The largest absolute Gasteiger partial charge is 0.301 e. The van der Waals surface area contributed by atoms with Gasteiger partial charge in [-0.3, -0.25) is 20.0 Å². The van der Waals surface area contributed by atoms with Crippen molar-refractivity contribution in [1.82, 2.24) is 14.7 Å². The van der Waals surface area contributed by atoms with Gasteiger partial charge in [0.05, 0.1) is 16.9 Å². The van der Waals surface area contributed by atoms with E-state index in [-0.39, 0.29) is 16.1 Å². The van der Waals surface area contributed by atoms with Gasteiger partial charge in [0, 0.05) is 21.8 Å². The number of pyridine rings is 1. The molecule has 1 aromatic carbocycles. The summed E-state index contributed by atoms with van der Waals surface area (Å²) in [5.41, 5.74) is 3.15. The second-order valence-corrected chi connectivity index (χ2v) is 7.38. The Hall–Kier alpha value is -2.45. The van der Waals surface area contributed by atoms with E-state index in [4.69, 9.17) is 10.8 Å². The third kappa shape index (κ3) is 3.97. The fourth-order valence-corrected chi connectivity index (χ4v) is 3.10. The minimum absolute atomic E-state index is 0.0618. The highest BCUT2D eigenvalue weighted by atomic mass is 79.9. The number of nitrogens with zero attached hydrogens (tertiary/aromatic N) is 2. The van der Waals surface area contributed by atoms with Crippen molar-refractivity contribution >= 4 is 49.5 Å². The quantitative estimate of drug-likeness (QED) is 0.433. The average Bonchev–Trinajstić information content (AvgIpc) is 2.97. The number of amidine groups is 1. The molecule has 2 aromatic heterocycles. The minimum Gasteiger partial charge on any atom is -0.301 e. The van der Waals surface area contributed by atoms with E-state index >= 15 is 0 Å². The molecule has 3 N–H and O–H groups in total. The van der Waals surface area contributed by atoms with Crippen molar-refractivity contribution in [3.8, 4) is 11.3 Å². The maximum Gasteiger partial charge on any atom is 0.257 e. The Morgan fingerprint density at radius 1 is 1.20 bits per heavy atom. The minimum atomic E-state index is -0.369. The molecule has 0 radical (unpaired) electrons. The van der Waals surface area contributed by atoms with Crippen LogP contribution in [0.25, 0.3) is 16.9 Å². The van der Waals surface area contributed by atoms with Crippen molar-refractivity contribution in [3.63, 3.8) is 0 Å². The topological polar surface area (TPSA) is 94.1 Å². The summed E-state index contributed by atoms with van der Waals surface area (Å²) < 4.78 is 2.92. The highest BCUT2D eigenvalue weighted by molar-refractivity contribution is 9.10. The molecule has 1 amide bonds. The van der Waals surface area contributed by atoms with Gasteiger partial charge in [-0.15, -0.1) is 0 Å². The maximum atomic E-state index is 12.1. The number of halogens is 1. The molecule has 0 saturated carbocycles. The summed E-state index contributed by atoms with van der Waals surface area (Å²) in [6.07, 6.45) is 3.73. The van der Waals surface area contributed by atoms with E-state index in [1.165, 1.54) is 0 Å². The van der Waals surface area contributed by atoms with Crippen molar-refractivity contribution < 1.29 is 4.79 Å². The van der Waals surface area contributed by atoms with Crippen LogP contribution in [-0.4, -0.2) is 25.5 Å². The van der Waals surface area contributed by atoms with Crippen molar-refractivity contribution in [1.29, 1.82) is 10.8 Å². The summed E-state index contributed by atoms with van der Waals surface area (Å²) in [5, 5.41) is 17.6. The molecular weight excluding hydrogens is 402 g/mol. The number of amides is 1. The van der Waals surface area contributed by atoms with Gasteiger partial charge in [-0.1, -0.05) is 12.1 Å². The van der Waals surface area contributed by atoms with Crippen LogP contribution in [0.4, 0.5) is 0 Å². The van der Waals surface area contributed by atoms with Gasteiger partial charge >= 0.3 is 0 Å². The molecule has 0 aliphatic rings. The third-order valence-corrected chi connectivity index (χ3v) is 4.48. The molecule has 3 aromatic rings. The summed E-state index contributed by atoms with van der Waals surface area (Å²) in [7, 11) is 0. The fraction of sp³-hybridized carbons (Fsp3) is 0.0588. The smallest absolute Gasteiger partial charge is 0.257 e. The van der Waals surface area contributed by atoms with E-state index in [0.717, 1.165) is 33.1 Å². The Bertz CT molecular complexity index is 980. The molecule has 0 aliphatic carbocycles. The standard InChI is InChI=1S/C17H14BrN5OS/c1-10(19)25-17(20)22-16(24)12-4-2-11(3-5-12)14-8-21-15-7-6-13(18)9-23(14)15/h2-9,19H,1H3,(H2,20,22,24). The van der Waals surface area contributed by atoms with Crippen LogP contribution in [-0.2, 0) is 0 Å². The maximum absolute atomic E-state index is 12.1. The molecule has 6 nitrogen and oxygen atoms in total. The summed E-state index contributed by atoms with van der Waals surface area (Å²) in [5.74, 6) is -0.369. The van der Waals surface area contributed by atoms with E-state index in [1.807, 2.05) is 34.9 Å². The number of carbonyl (C=O) groups excluding carboxylic acids is 1. The summed E-state index contributed by atoms with van der Waals surface area (Å²) in [4.78, 5) is 16.5. The average molecular weight is 416 g/mol. The van der Waals surface area contributed by atoms with Crippen LogP contribution in [0.1, 0.15) is 17.3 Å². The summed E-state index contributed by atoms with van der Waals surface area (Å²) in [6, 6.07) is 11.0. The highest BCUT2D eigenvalue weighted by Gasteiger charge is 2.11. The van der Waals surface area contributed by atoms with Crippen LogP contribution < -0.4 is 5.32 Å². The number of aromatic nitrogens is 2. The predicted octanol–water partition coefficient (Wildman–Crippen LogP) is 4.16. The molecule has 3 rings (SSSR count). The van der Waals surface area contributed by atoms with E-state index < -0.39 is 0 Å². The normalized spacial score (nSPS) is 10.6. The van der Waals surface area contributed by atoms with Crippen LogP contribution in [0.15, 0.2) is 53.3 Å². The van der Waals surface area contributed by atoms with Crippen molar-refractivity contribution in [3.05, 3.63) is 58.8 Å². The summed E-state index contributed by atoms with van der Waals surface area (Å²) >= 11 is 4.36. The first-order valence-corrected chi connectivity index (χ1v) is 8.91. The Morgan fingerprint density at radius 2 is 1.92 bits per heavy atom. The molecule has 126 valence electrons. The fourth-order valence-electron chi connectivity index (χ4n) is 2.31. The van der Waals surface area contributed by atoms with E-state index in [2.05, 4.69) is 26.2 Å². The van der Waals surface area contributed by atoms with Crippen molar-refractivity contribution in [2.75, 3.05) is 0 Å². The number of hydrogen-bond acceptors (Lipinski definition) is 5. The molecule has 0 fully saturated rings. The molecule has 25 heavy (non-hydrogen) atoms. The number of carbonyl (C=O) groups is 1. The third-order valence-electron chi connectivity index (χ3n) is 3.39. The number of rotatable bonds is 2. The lowest BCUT2D eigenvalue weighted by Gasteiger charge is -2.07. The molecule has 0 bridgehead atoms. The number of hydrogen-bond donors (Lipinski definition) is 3. The van der Waals surface area contributed by atoms with Crippen LogP contribution in [0.3, 0.4) is 0 Å². The van der Waals surface area contributed by atoms with Gasteiger partial charge in [-0.05, 0) is 58.9 Å². The van der Waals surface area contributed by atoms with Gasteiger partial charge < -0.3 is 5.32 Å². The molecule has 0 spiro atoms. The van der Waals surface area contributed by atoms with Crippen LogP contribution >= 0.6 is 27.7 Å². The Labute approximate surface area is 156 Å². The van der Waals surface area contributed by atoms with Crippen LogP contribution in [0.2, 0.25) is 0 Å². The first-order valence-electron chi connectivity index (χ1n) is 7.30. The SMILES string of the molecule is CC(=N)SC(=N)NC(=O)c1ccc(-c2cnc3ccc(Br)cn23)cc1. The number of benzene rings is 1. The first-order chi connectivity index (χ1) is 11.9. The Balaban J connectivity index is 1.82. The highest BCUT2D eigenvalue weighted by Crippen LogP contribution is 2.23. The van der Waals surface area contributed by atoms with Crippen molar-refractivity contribution in [2.45, 2.75) is 6.92 Å².